The third-order valence-electron chi connectivity index (χ3n) is 2.17. The Morgan fingerprint density at radius 2 is 2.06 bits per heavy atom. The molecule has 0 saturated carbocycles. The van der Waals surface area contributed by atoms with E-state index in [1.807, 2.05) is 6.07 Å². The van der Waals surface area contributed by atoms with Gasteiger partial charge in [-0.15, -0.1) is 0 Å². The first kappa shape index (κ1) is 13.1. The normalized spacial score (nSPS) is 10.9. The Hall–Kier alpha value is -1.01. The fourth-order valence-corrected chi connectivity index (χ4v) is 1.65. The molecule has 86 valence electrons. The van der Waals surface area contributed by atoms with E-state index in [0.29, 0.717) is 12.2 Å². The third-order valence-corrected chi connectivity index (χ3v) is 2.79. The van der Waals surface area contributed by atoms with Gasteiger partial charge in [-0.25, -0.2) is 0 Å². The highest BCUT2D eigenvalue weighted by atomic mass is 79.9. The molecule has 0 aliphatic carbocycles. The number of ether oxygens (including phenoxy) is 1. The highest BCUT2D eigenvalue weighted by Gasteiger charge is 2.10. The molecule has 0 amide bonds. The smallest absolute Gasteiger partial charge is 0.133 e. The van der Waals surface area contributed by atoms with Gasteiger partial charge in [0.1, 0.15) is 5.75 Å². The van der Waals surface area contributed by atoms with E-state index < -0.39 is 0 Å². The summed E-state index contributed by atoms with van der Waals surface area (Å²) in [6, 6.07) is 7.45. The van der Waals surface area contributed by atoms with Crippen molar-refractivity contribution in [1.82, 2.24) is 0 Å². The Morgan fingerprint density at radius 3 is 2.56 bits per heavy atom. The van der Waals surface area contributed by atoms with Crippen molar-refractivity contribution in [3.63, 3.8) is 0 Å². The molecule has 0 atom stereocenters. The molecule has 0 unspecified atom stereocenters. The number of halogens is 1. The van der Waals surface area contributed by atoms with Crippen LogP contribution in [0, 0.1) is 16.7 Å². The number of hydrogen-bond acceptors (Lipinski definition) is 2. The second-order valence-electron chi connectivity index (χ2n) is 4.92. The average molecular weight is 282 g/mol. The number of rotatable bonds is 3. The minimum absolute atomic E-state index is 0.277. The van der Waals surface area contributed by atoms with Gasteiger partial charge in [-0.2, -0.15) is 5.26 Å². The van der Waals surface area contributed by atoms with E-state index in [1.54, 1.807) is 12.1 Å². The van der Waals surface area contributed by atoms with Gasteiger partial charge in [-0.3, -0.25) is 0 Å². The molecule has 1 aromatic carbocycles. The van der Waals surface area contributed by atoms with Gasteiger partial charge >= 0.3 is 0 Å². The zero-order valence-corrected chi connectivity index (χ0v) is 11.5. The van der Waals surface area contributed by atoms with Crippen LogP contribution in [0.3, 0.4) is 0 Å². The Morgan fingerprint density at radius 1 is 1.38 bits per heavy atom. The summed E-state index contributed by atoms with van der Waals surface area (Å²) in [5.41, 5.74) is 0.911. The van der Waals surface area contributed by atoms with Crippen LogP contribution in [0.15, 0.2) is 22.7 Å². The molecule has 0 fully saturated rings. The first-order valence-corrected chi connectivity index (χ1v) is 6.04. The van der Waals surface area contributed by atoms with Crippen LogP contribution in [0.2, 0.25) is 0 Å². The average Bonchev–Trinajstić information content (AvgIpc) is 2.18. The van der Waals surface area contributed by atoms with Crippen molar-refractivity contribution >= 4 is 15.9 Å². The van der Waals surface area contributed by atoms with E-state index in [4.69, 9.17) is 10.00 Å². The fourth-order valence-electron chi connectivity index (χ4n) is 1.15. The SMILES string of the molecule is CC(C)(C)CCOc1ccc(C#N)cc1Br. The molecule has 3 heteroatoms. The van der Waals surface area contributed by atoms with Crippen molar-refractivity contribution in [1.29, 1.82) is 5.26 Å². The zero-order valence-electron chi connectivity index (χ0n) is 9.88. The minimum Gasteiger partial charge on any atom is -0.492 e. The van der Waals surface area contributed by atoms with Gasteiger partial charge in [0.2, 0.25) is 0 Å². The van der Waals surface area contributed by atoms with Gasteiger partial charge in [0.25, 0.3) is 0 Å². The van der Waals surface area contributed by atoms with E-state index >= 15 is 0 Å². The van der Waals surface area contributed by atoms with Crippen LogP contribution < -0.4 is 4.74 Å². The molecule has 1 aromatic rings. The van der Waals surface area contributed by atoms with Gasteiger partial charge in [-0.05, 0) is 46.0 Å². The second kappa shape index (κ2) is 5.36. The van der Waals surface area contributed by atoms with Crippen LogP contribution in [0.4, 0.5) is 0 Å². The standard InChI is InChI=1S/C13H16BrNO/c1-13(2,3)6-7-16-12-5-4-10(9-15)8-11(12)14/h4-5,8H,6-7H2,1-3H3. The van der Waals surface area contributed by atoms with Gasteiger partial charge in [0.05, 0.1) is 22.7 Å². The summed E-state index contributed by atoms with van der Waals surface area (Å²) in [6.45, 7) is 7.24. The van der Waals surface area contributed by atoms with Gasteiger partial charge < -0.3 is 4.74 Å². The van der Waals surface area contributed by atoms with Crippen LogP contribution in [-0.2, 0) is 0 Å². The van der Waals surface area contributed by atoms with E-state index in [9.17, 15) is 0 Å². The van der Waals surface area contributed by atoms with Crippen molar-refractivity contribution < 1.29 is 4.74 Å². The number of nitrogens with zero attached hydrogens (tertiary/aromatic N) is 1. The molecule has 16 heavy (non-hydrogen) atoms. The van der Waals surface area contributed by atoms with Gasteiger partial charge in [0.15, 0.2) is 0 Å². The number of benzene rings is 1. The predicted molar refractivity (Wildman–Crippen MR) is 68.4 cm³/mol. The molecule has 0 saturated heterocycles. The summed E-state index contributed by atoms with van der Waals surface area (Å²) in [7, 11) is 0. The maximum atomic E-state index is 8.72. The summed E-state index contributed by atoms with van der Waals surface area (Å²) < 4.78 is 6.49. The van der Waals surface area contributed by atoms with Crippen LogP contribution >= 0.6 is 15.9 Å². The molecule has 0 N–H and O–H groups in total. The Kier molecular flexibility index (Phi) is 4.37. The molecule has 2 nitrogen and oxygen atoms in total. The van der Waals surface area contributed by atoms with E-state index in [2.05, 4.69) is 42.8 Å². The zero-order chi connectivity index (χ0) is 12.2. The van der Waals surface area contributed by atoms with Crippen LogP contribution in [0.1, 0.15) is 32.8 Å². The second-order valence-corrected chi connectivity index (χ2v) is 5.77. The van der Waals surface area contributed by atoms with Crippen LogP contribution in [-0.4, -0.2) is 6.61 Å². The lowest BCUT2D eigenvalue weighted by Crippen LogP contribution is -2.11. The lowest BCUT2D eigenvalue weighted by molar-refractivity contribution is 0.242. The summed E-state index contributed by atoms with van der Waals surface area (Å²) in [4.78, 5) is 0. The van der Waals surface area contributed by atoms with Crippen molar-refractivity contribution in [2.24, 2.45) is 5.41 Å². The van der Waals surface area contributed by atoms with Crippen molar-refractivity contribution in [2.45, 2.75) is 27.2 Å². The number of nitriles is 1. The first-order chi connectivity index (χ1) is 7.42. The monoisotopic (exact) mass is 281 g/mol. The Labute approximate surface area is 105 Å². The molecule has 0 aliphatic heterocycles. The van der Waals surface area contributed by atoms with E-state index in [0.717, 1.165) is 16.6 Å². The topological polar surface area (TPSA) is 33.0 Å². The van der Waals surface area contributed by atoms with Gasteiger partial charge in [0, 0.05) is 0 Å². The Balaban J connectivity index is 2.59. The molecule has 0 heterocycles. The molecule has 0 bridgehead atoms. The quantitative estimate of drug-likeness (QED) is 0.834. The summed E-state index contributed by atoms with van der Waals surface area (Å²) in [6.07, 6.45) is 0.999. The van der Waals surface area contributed by atoms with E-state index in [-0.39, 0.29) is 5.41 Å². The van der Waals surface area contributed by atoms with Gasteiger partial charge in [-0.1, -0.05) is 20.8 Å². The minimum atomic E-state index is 0.277. The molecule has 1 rings (SSSR count). The van der Waals surface area contributed by atoms with Crippen molar-refractivity contribution in [3.05, 3.63) is 28.2 Å². The van der Waals surface area contributed by atoms with Crippen LogP contribution in [0.5, 0.6) is 5.75 Å². The summed E-state index contributed by atoms with van der Waals surface area (Å²) in [5, 5.41) is 8.72. The highest BCUT2D eigenvalue weighted by molar-refractivity contribution is 9.10. The summed E-state index contributed by atoms with van der Waals surface area (Å²) in [5.74, 6) is 0.795. The molecule has 0 aromatic heterocycles. The molecule has 0 aliphatic rings. The largest absolute Gasteiger partial charge is 0.492 e. The third kappa shape index (κ3) is 4.24. The fraction of sp³-hybridized carbons (Fsp3) is 0.462. The Bertz CT molecular complexity index is 401. The molecular formula is C13H16BrNO. The van der Waals surface area contributed by atoms with Crippen molar-refractivity contribution in [2.75, 3.05) is 6.61 Å². The number of hydrogen-bond donors (Lipinski definition) is 0. The lowest BCUT2D eigenvalue weighted by Gasteiger charge is -2.18. The highest BCUT2D eigenvalue weighted by Crippen LogP contribution is 2.27. The molecule has 0 spiro atoms. The maximum Gasteiger partial charge on any atom is 0.133 e. The predicted octanol–water partition coefficient (Wildman–Crippen LogP) is 4.14. The van der Waals surface area contributed by atoms with Crippen LogP contribution in [0.25, 0.3) is 0 Å². The first-order valence-electron chi connectivity index (χ1n) is 5.25. The van der Waals surface area contributed by atoms with Crippen molar-refractivity contribution in [3.8, 4) is 11.8 Å². The summed E-state index contributed by atoms with van der Waals surface area (Å²) >= 11 is 3.39. The van der Waals surface area contributed by atoms with E-state index in [1.165, 1.54) is 0 Å². The maximum absolute atomic E-state index is 8.72. The molecule has 0 radical (unpaired) electrons. The lowest BCUT2D eigenvalue weighted by atomic mass is 9.93. The molecular weight excluding hydrogens is 266 g/mol.